The number of aromatic nitrogens is 1. The monoisotopic (exact) mass is 336 g/mol. The topological polar surface area (TPSA) is 34.2 Å². The Morgan fingerprint density at radius 3 is 2.68 bits per heavy atom. The number of benzene rings is 1. The van der Waals surface area contributed by atoms with E-state index in [2.05, 4.69) is 38.5 Å². The van der Waals surface area contributed by atoms with E-state index in [1.807, 2.05) is 38.1 Å². The van der Waals surface area contributed by atoms with Gasteiger partial charge in [-0.25, -0.2) is 4.98 Å². The zero-order valence-corrected chi connectivity index (χ0v) is 13.0. The highest BCUT2D eigenvalue weighted by Crippen LogP contribution is 2.40. The number of hydrogen-bond donors (Lipinski definition) is 1. The van der Waals surface area contributed by atoms with Gasteiger partial charge in [-0.2, -0.15) is 0 Å². The Kier molecular flexibility index (Phi) is 3.20. The van der Waals surface area contributed by atoms with Gasteiger partial charge in [0.1, 0.15) is 15.2 Å². The van der Waals surface area contributed by atoms with E-state index in [1.165, 1.54) is 0 Å². The number of nitrogens with one attached hydrogen (secondary N) is 1. The summed E-state index contributed by atoms with van der Waals surface area (Å²) in [5.74, 6) is 0. The third kappa shape index (κ3) is 2.33. The van der Waals surface area contributed by atoms with Gasteiger partial charge in [0.05, 0.1) is 10.6 Å². The number of nitrogens with zero attached hydrogens (tertiary/aromatic N) is 1. The molecule has 1 aliphatic rings. The molecule has 0 radical (unpaired) electrons. The van der Waals surface area contributed by atoms with Crippen LogP contribution in [0.1, 0.15) is 17.5 Å². The molecular weight excluding hydrogens is 324 g/mol. The SMILES string of the molecule is Cc1nc(-c2ccccc2)sc1C1(C)C=C(Br)NO1. The molecule has 2 aromatic rings. The van der Waals surface area contributed by atoms with Crippen molar-refractivity contribution in [3.8, 4) is 10.6 Å². The number of halogens is 1. The van der Waals surface area contributed by atoms with E-state index >= 15 is 0 Å². The molecule has 0 spiro atoms. The van der Waals surface area contributed by atoms with E-state index in [0.29, 0.717) is 0 Å². The van der Waals surface area contributed by atoms with Gasteiger partial charge in [-0.3, -0.25) is 10.3 Å². The molecule has 19 heavy (non-hydrogen) atoms. The second-order valence-electron chi connectivity index (χ2n) is 4.60. The minimum atomic E-state index is -0.465. The Morgan fingerprint density at radius 2 is 2.05 bits per heavy atom. The van der Waals surface area contributed by atoms with Gasteiger partial charge in [0.2, 0.25) is 0 Å². The molecule has 0 bridgehead atoms. The highest BCUT2D eigenvalue weighted by Gasteiger charge is 2.35. The largest absolute Gasteiger partial charge is 0.259 e. The average molecular weight is 337 g/mol. The molecule has 0 amide bonds. The number of hydroxylamine groups is 1. The van der Waals surface area contributed by atoms with E-state index in [0.717, 1.165) is 25.7 Å². The Balaban J connectivity index is 2.04. The quantitative estimate of drug-likeness (QED) is 0.838. The lowest BCUT2D eigenvalue weighted by atomic mass is 10.0. The average Bonchev–Trinajstić information content (AvgIpc) is 2.95. The molecule has 3 nitrogen and oxygen atoms in total. The molecule has 0 saturated heterocycles. The van der Waals surface area contributed by atoms with Crippen molar-refractivity contribution in [1.82, 2.24) is 10.5 Å². The first-order chi connectivity index (χ1) is 9.08. The minimum absolute atomic E-state index is 0.465. The summed E-state index contributed by atoms with van der Waals surface area (Å²) >= 11 is 5.07. The first-order valence-corrected chi connectivity index (χ1v) is 7.55. The van der Waals surface area contributed by atoms with Crippen molar-refractivity contribution < 1.29 is 4.84 Å². The summed E-state index contributed by atoms with van der Waals surface area (Å²) < 4.78 is 0.851. The third-order valence-corrected chi connectivity index (χ3v) is 4.85. The van der Waals surface area contributed by atoms with Crippen molar-refractivity contribution in [2.75, 3.05) is 0 Å². The lowest BCUT2D eigenvalue weighted by Crippen LogP contribution is -2.22. The Hall–Kier alpha value is -1.17. The molecule has 0 saturated carbocycles. The number of thiazole rings is 1. The van der Waals surface area contributed by atoms with Gasteiger partial charge in [-0.15, -0.1) is 11.3 Å². The van der Waals surface area contributed by atoms with Crippen molar-refractivity contribution in [2.24, 2.45) is 0 Å². The zero-order chi connectivity index (χ0) is 13.5. The maximum absolute atomic E-state index is 5.65. The van der Waals surface area contributed by atoms with Gasteiger partial charge in [0.25, 0.3) is 0 Å². The van der Waals surface area contributed by atoms with Crippen LogP contribution in [0.15, 0.2) is 41.0 Å². The summed E-state index contributed by atoms with van der Waals surface area (Å²) in [6.45, 7) is 4.05. The first-order valence-electron chi connectivity index (χ1n) is 5.94. The van der Waals surface area contributed by atoms with Crippen LogP contribution in [0.5, 0.6) is 0 Å². The zero-order valence-electron chi connectivity index (χ0n) is 10.6. The molecule has 98 valence electrons. The van der Waals surface area contributed by atoms with E-state index in [4.69, 9.17) is 4.84 Å². The van der Waals surface area contributed by atoms with E-state index in [-0.39, 0.29) is 0 Å². The lowest BCUT2D eigenvalue weighted by molar-refractivity contribution is -0.0270. The van der Waals surface area contributed by atoms with Crippen molar-refractivity contribution in [2.45, 2.75) is 19.4 Å². The molecule has 5 heteroatoms. The predicted molar refractivity (Wildman–Crippen MR) is 80.9 cm³/mol. The molecule has 1 atom stereocenters. The van der Waals surface area contributed by atoms with Crippen molar-refractivity contribution in [3.63, 3.8) is 0 Å². The van der Waals surface area contributed by atoms with Gasteiger partial charge in [0.15, 0.2) is 0 Å². The smallest absolute Gasteiger partial charge is 0.150 e. The molecule has 1 aromatic carbocycles. The predicted octanol–water partition coefficient (Wildman–Crippen LogP) is 4.10. The molecule has 1 unspecified atom stereocenters. The summed E-state index contributed by atoms with van der Waals surface area (Å²) in [6, 6.07) is 10.2. The van der Waals surface area contributed by atoms with Crippen LogP contribution in [0.3, 0.4) is 0 Å². The minimum Gasteiger partial charge on any atom is -0.259 e. The maximum atomic E-state index is 5.65. The van der Waals surface area contributed by atoms with Crippen LogP contribution < -0.4 is 5.48 Å². The van der Waals surface area contributed by atoms with Crippen LogP contribution in [0.4, 0.5) is 0 Å². The fraction of sp³-hybridized carbons (Fsp3) is 0.214. The van der Waals surface area contributed by atoms with Gasteiger partial charge < -0.3 is 0 Å². The van der Waals surface area contributed by atoms with Crippen molar-refractivity contribution in [3.05, 3.63) is 51.6 Å². The van der Waals surface area contributed by atoms with E-state index in [1.54, 1.807) is 11.3 Å². The number of aryl methyl sites for hydroxylation is 1. The highest BCUT2D eigenvalue weighted by molar-refractivity contribution is 9.11. The van der Waals surface area contributed by atoms with Crippen LogP contribution in [0.2, 0.25) is 0 Å². The molecule has 0 aliphatic carbocycles. The maximum Gasteiger partial charge on any atom is 0.150 e. The number of hydrogen-bond acceptors (Lipinski definition) is 4. The van der Waals surface area contributed by atoms with Gasteiger partial charge in [0, 0.05) is 5.56 Å². The molecule has 1 N–H and O–H groups in total. The van der Waals surface area contributed by atoms with Crippen molar-refractivity contribution in [1.29, 1.82) is 0 Å². The van der Waals surface area contributed by atoms with Gasteiger partial charge in [-0.05, 0) is 35.9 Å². The molecule has 2 heterocycles. The second kappa shape index (κ2) is 4.74. The van der Waals surface area contributed by atoms with Crippen molar-refractivity contribution >= 4 is 27.3 Å². The number of rotatable bonds is 2. The van der Waals surface area contributed by atoms with Crippen LogP contribution in [-0.2, 0) is 10.4 Å². The summed E-state index contributed by atoms with van der Waals surface area (Å²) in [7, 11) is 0. The lowest BCUT2D eigenvalue weighted by Gasteiger charge is -2.18. The van der Waals surface area contributed by atoms with Gasteiger partial charge >= 0.3 is 0 Å². The standard InChI is InChI=1S/C14H13BrN2OS/c1-9-12(14(2)8-11(15)17-18-14)19-13(16-9)10-6-4-3-5-7-10/h3-8,17H,1-2H3. The molecule has 1 aliphatic heterocycles. The summed E-state index contributed by atoms with van der Waals surface area (Å²) in [4.78, 5) is 11.4. The van der Waals surface area contributed by atoms with Crippen LogP contribution in [0, 0.1) is 6.92 Å². The second-order valence-corrected chi connectivity index (χ2v) is 6.46. The summed E-state index contributed by atoms with van der Waals surface area (Å²) in [6.07, 6.45) is 2.02. The van der Waals surface area contributed by atoms with Crippen LogP contribution >= 0.6 is 27.3 Å². The van der Waals surface area contributed by atoms with Gasteiger partial charge in [-0.1, -0.05) is 30.3 Å². The Bertz CT molecular complexity index is 638. The first kappa shape index (κ1) is 12.8. The normalized spacial score (nSPS) is 22.2. The third-order valence-electron chi connectivity index (χ3n) is 3.03. The van der Waals surface area contributed by atoms with Crippen LogP contribution in [0.25, 0.3) is 10.6 Å². The molecule has 0 fully saturated rings. The summed E-state index contributed by atoms with van der Waals surface area (Å²) in [5.41, 5.74) is 4.52. The fourth-order valence-electron chi connectivity index (χ4n) is 2.13. The molecular formula is C14H13BrN2OS. The van der Waals surface area contributed by atoms with E-state index in [9.17, 15) is 0 Å². The summed E-state index contributed by atoms with van der Waals surface area (Å²) in [5, 5.41) is 1.02. The molecule has 3 rings (SSSR count). The Labute approximate surface area is 124 Å². The molecule has 1 aromatic heterocycles. The fourth-order valence-corrected chi connectivity index (χ4v) is 3.77. The van der Waals surface area contributed by atoms with E-state index < -0.39 is 5.60 Å². The van der Waals surface area contributed by atoms with Crippen LogP contribution in [-0.4, -0.2) is 4.98 Å². The highest BCUT2D eigenvalue weighted by atomic mass is 79.9. The Morgan fingerprint density at radius 1 is 1.32 bits per heavy atom.